The highest BCUT2D eigenvalue weighted by Crippen LogP contribution is 2.45. The number of unbranched alkanes of at least 4 members (excludes halogenated alkanes) is 1. The molecule has 6 aromatic rings. The van der Waals surface area contributed by atoms with Gasteiger partial charge in [0.05, 0.1) is 40.5 Å². The number of carbonyl (C=O) groups is 1. The minimum absolute atomic E-state index is 0.00372. The molecule has 0 saturated carbocycles. The molecule has 4 aromatic heterocycles. The molecule has 1 amide bonds. The fourth-order valence-electron chi connectivity index (χ4n) is 15.7. The lowest BCUT2D eigenvalue weighted by atomic mass is 9.94. The van der Waals surface area contributed by atoms with E-state index in [0.29, 0.717) is 88.6 Å². The first-order valence-corrected chi connectivity index (χ1v) is 32.2. The first-order chi connectivity index (χ1) is 41.2. The molecule has 452 valence electrons. The number of piperazine rings is 2. The topological polar surface area (TPSA) is 150 Å². The van der Waals surface area contributed by atoms with E-state index >= 15 is 8.78 Å². The molecule has 16 nitrogen and oxygen atoms in total. The van der Waals surface area contributed by atoms with E-state index in [0.717, 1.165) is 127 Å². The Morgan fingerprint density at radius 2 is 1.09 bits per heavy atom. The van der Waals surface area contributed by atoms with Crippen molar-refractivity contribution in [3.63, 3.8) is 0 Å². The normalized spacial score (nSPS) is 23.1. The van der Waals surface area contributed by atoms with Gasteiger partial charge in [-0.1, -0.05) is 88.5 Å². The van der Waals surface area contributed by atoms with Crippen LogP contribution in [0.15, 0.2) is 48.8 Å². The van der Waals surface area contributed by atoms with Gasteiger partial charge in [0.15, 0.2) is 11.6 Å². The Bertz CT molecular complexity index is 3440. The van der Waals surface area contributed by atoms with Crippen molar-refractivity contribution in [1.29, 1.82) is 0 Å². The van der Waals surface area contributed by atoms with Crippen LogP contribution >= 0.6 is 23.2 Å². The highest BCUT2D eigenvalue weighted by Gasteiger charge is 2.48. The zero-order chi connectivity index (χ0) is 58.7. The van der Waals surface area contributed by atoms with Gasteiger partial charge in [-0.25, -0.2) is 13.6 Å². The molecule has 4 atom stereocenters. The Labute approximate surface area is 507 Å². The average Bonchev–Trinajstić information content (AvgIpc) is 2.27. The van der Waals surface area contributed by atoms with Crippen LogP contribution in [0.1, 0.15) is 147 Å². The molecule has 0 spiro atoms. The Morgan fingerprint density at radius 1 is 0.647 bits per heavy atom. The third-order valence-corrected chi connectivity index (χ3v) is 20.5. The maximum absolute atomic E-state index is 16.7. The average molecular weight is 1200 g/mol. The van der Waals surface area contributed by atoms with Crippen molar-refractivity contribution in [2.75, 3.05) is 82.0 Å². The minimum atomic E-state index is -0.516. The van der Waals surface area contributed by atoms with E-state index in [-0.39, 0.29) is 75.5 Å². The van der Waals surface area contributed by atoms with Crippen molar-refractivity contribution in [3.8, 4) is 34.5 Å². The van der Waals surface area contributed by atoms with E-state index in [1.807, 2.05) is 55.1 Å². The van der Waals surface area contributed by atoms with Crippen molar-refractivity contribution in [2.24, 2.45) is 0 Å². The highest BCUT2D eigenvalue weighted by molar-refractivity contribution is 6.32. The summed E-state index contributed by atoms with van der Waals surface area (Å²) in [5.41, 5.74) is 4.06. The summed E-state index contributed by atoms with van der Waals surface area (Å²) in [6, 6.07) is 12.3. The molecule has 14 rings (SSSR count). The Hall–Kier alpha value is -5.79. The predicted molar refractivity (Wildman–Crippen MR) is 329 cm³/mol. The van der Waals surface area contributed by atoms with Crippen LogP contribution in [0, 0.1) is 11.6 Å². The largest absolute Gasteiger partial charge is 0.461 e. The molecule has 0 unspecified atom stereocenters. The lowest BCUT2D eigenvalue weighted by Gasteiger charge is -2.41. The molecule has 8 aliphatic heterocycles. The van der Waals surface area contributed by atoms with Gasteiger partial charge >= 0.3 is 18.1 Å². The van der Waals surface area contributed by atoms with Gasteiger partial charge in [0.25, 0.3) is 0 Å². The standard InChI is InChI=1S/C35H44ClFN6O3.C30H36ClFN6O/c1-4-5-17-45-34(44)43-23-11-12-24(43)20-41(19-23)32-26-18-38-30(25-9-6-10-27(36)28(25)22(2)3)29(37)31(26)39-33(40-32)46-21-35-13-7-15-42(35)16-8-14-35;1-18(2)24-21(6-3-7-23(24)31)26-25(32)27-22(14-33-26)28(37-15-19-8-9-20(16-37)34-19)36-29(35-27)39-17-30-10-4-12-38(30)13-5-11-30/h6,9-10,18,22-24H,4-5,7-8,11-17,19-21H2,1-3H3;3,6-7,14,18-20,34H,4-5,8-13,15-17H2,1-2H3/t23-,24+;19-,20+. The van der Waals surface area contributed by atoms with Crippen LogP contribution < -0.4 is 24.6 Å². The number of hydrogen-bond acceptors (Lipinski definition) is 15. The SMILES string of the molecule is CC(C)c1c(Cl)cccc1-c1ncc2c(N3C[C@H]4CC[C@@H](C3)N4)nc(OCC34CCCN3CCC4)nc2c1F.CCCCOC(=O)N1[C@@H]2CC[C@H]1CN(c1nc(OCC34CCCN3CCC4)nc3c(F)c(-c4cccc(Cl)c4C(C)C)ncc13)C2. The van der Waals surface area contributed by atoms with Crippen LogP contribution in [0.25, 0.3) is 44.3 Å². The number of hydrogen-bond donors (Lipinski definition) is 1. The number of fused-ring (bicyclic) bond motifs is 8. The van der Waals surface area contributed by atoms with Crippen LogP contribution in [0.3, 0.4) is 0 Å². The van der Waals surface area contributed by atoms with Gasteiger partial charge in [0, 0.05) is 71.8 Å². The minimum Gasteiger partial charge on any atom is -0.461 e. The summed E-state index contributed by atoms with van der Waals surface area (Å²) >= 11 is 13.2. The Balaban J connectivity index is 0.000000160. The fraction of sp³-hybridized carbons (Fsp3) is 0.585. The van der Waals surface area contributed by atoms with Crippen LogP contribution in [-0.2, 0) is 4.74 Å². The molecule has 0 radical (unpaired) electrons. The van der Waals surface area contributed by atoms with E-state index < -0.39 is 11.6 Å². The first-order valence-electron chi connectivity index (χ1n) is 31.5. The van der Waals surface area contributed by atoms with Crippen molar-refractivity contribution in [3.05, 3.63) is 81.6 Å². The molecular formula is C65H80Cl2F2N12O4. The summed E-state index contributed by atoms with van der Waals surface area (Å²) in [5, 5.41) is 6.03. The van der Waals surface area contributed by atoms with E-state index in [1.165, 1.54) is 12.8 Å². The molecule has 8 fully saturated rings. The summed E-state index contributed by atoms with van der Waals surface area (Å²) in [5.74, 6) is 0.523. The van der Waals surface area contributed by atoms with Crippen LogP contribution in [0.2, 0.25) is 10.0 Å². The van der Waals surface area contributed by atoms with Crippen LogP contribution in [0.4, 0.5) is 25.2 Å². The summed E-state index contributed by atoms with van der Waals surface area (Å²) in [6.07, 6.45) is 18.2. The molecule has 8 aliphatic rings. The maximum atomic E-state index is 16.7. The number of halogens is 4. The van der Waals surface area contributed by atoms with Gasteiger partial charge < -0.3 is 29.3 Å². The summed E-state index contributed by atoms with van der Waals surface area (Å²) in [7, 11) is 0. The fourth-order valence-corrected chi connectivity index (χ4v) is 16.5. The second kappa shape index (κ2) is 24.1. The van der Waals surface area contributed by atoms with Gasteiger partial charge in [-0.2, -0.15) is 19.9 Å². The molecule has 8 saturated heterocycles. The van der Waals surface area contributed by atoms with Gasteiger partial charge in [-0.05, 0) is 145 Å². The van der Waals surface area contributed by atoms with Gasteiger partial charge in [-0.15, -0.1) is 0 Å². The van der Waals surface area contributed by atoms with E-state index in [4.69, 9.17) is 57.3 Å². The van der Waals surface area contributed by atoms with Gasteiger partial charge in [0.2, 0.25) is 0 Å². The zero-order valence-electron chi connectivity index (χ0n) is 49.8. The van der Waals surface area contributed by atoms with Crippen LogP contribution in [-0.4, -0.2) is 158 Å². The molecule has 1 N–H and O–H groups in total. The first kappa shape index (κ1) is 58.2. The van der Waals surface area contributed by atoms with E-state index in [1.54, 1.807) is 12.4 Å². The molecule has 20 heteroatoms. The number of nitrogens with one attached hydrogen (secondary N) is 1. The lowest BCUT2D eigenvalue weighted by molar-refractivity contribution is 0.0776. The lowest BCUT2D eigenvalue weighted by Crippen LogP contribution is -2.56. The summed E-state index contributed by atoms with van der Waals surface area (Å²) in [4.78, 5) is 53.0. The quantitative estimate of drug-likeness (QED) is 0.0971. The number of rotatable bonds is 15. The van der Waals surface area contributed by atoms with Crippen molar-refractivity contribution in [1.82, 2.24) is 49.9 Å². The smallest absolute Gasteiger partial charge is 0.410 e. The number of ether oxygens (including phenoxy) is 3. The molecule has 85 heavy (non-hydrogen) atoms. The molecular weight excluding hydrogens is 1120 g/mol. The molecule has 12 heterocycles. The monoisotopic (exact) mass is 1200 g/mol. The summed E-state index contributed by atoms with van der Waals surface area (Å²) < 4.78 is 51.6. The Morgan fingerprint density at radius 3 is 1.53 bits per heavy atom. The number of pyridine rings is 2. The van der Waals surface area contributed by atoms with Crippen molar-refractivity contribution < 1.29 is 27.8 Å². The second-order valence-corrected chi connectivity index (χ2v) is 26.7. The van der Waals surface area contributed by atoms with E-state index in [2.05, 4.69) is 55.7 Å². The maximum Gasteiger partial charge on any atom is 0.410 e. The van der Waals surface area contributed by atoms with Crippen LogP contribution in [0.5, 0.6) is 12.0 Å². The molecule has 0 aliphatic carbocycles. The predicted octanol–water partition coefficient (Wildman–Crippen LogP) is 12.8. The third-order valence-electron chi connectivity index (χ3n) is 19.9. The Kier molecular flexibility index (Phi) is 16.5. The zero-order valence-corrected chi connectivity index (χ0v) is 51.3. The van der Waals surface area contributed by atoms with Gasteiger partial charge in [0.1, 0.15) is 47.3 Å². The molecule has 4 bridgehead atoms. The third kappa shape index (κ3) is 11.0. The number of nitrogens with zero attached hydrogens (tertiary/aromatic N) is 11. The van der Waals surface area contributed by atoms with E-state index in [9.17, 15) is 4.79 Å². The number of benzene rings is 2. The number of anilines is 2. The number of amides is 1. The number of carbonyl (C=O) groups excluding carboxylic acids is 1. The number of aromatic nitrogens is 6. The van der Waals surface area contributed by atoms with Gasteiger partial charge in [-0.3, -0.25) is 24.7 Å². The molecule has 2 aromatic carbocycles. The summed E-state index contributed by atoms with van der Waals surface area (Å²) in [6.45, 7) is 18.9. The second-order valence-electron chi connectivity index (χ2n) is 25.9. The highest BCUT2D eigenvalue weighted by atomic mass is 35.5. The van der Waals surface area contributed by atoms with Crippen molar-refractivity contribution in [2.45, 2.75) is 172 Å². The van der Waals surface area contributed by atoms with Crippen molar-refractivity contribution >= 4 is 62.7 Å².